The highest BCUT2D eigenvalue weighted by Crippen LogP contribution is 2.23. The number of benzene rings is 1. The molecule has 1 aliphatic rings. The van der Waals surface area contributed by atoms with Gasteiger partial charge in [-0.15, -0.1) is 12.4 Å². The first-order chi connectivity index (χ1) is 10.2. The van der Waals surface area contributed by atoms with Gasteiger partial charge < -0.3 is 15.8 Å². The van der Waals surface area contributed by atoms with Crippen molar-refractivity contribution in [1.82, 2.24) is 10.3 Å². The second-order valence-corrected chi connectivity index (χ2v) is 5.15. The summed E-state index contributed by atoms with van der Waals surface area (Å²) in [5, 5.41) is 2.99. The number of fused-ring (bicyclic) bond motifs is 1. The fraction of sp³-hybridized carbons (Fsp3) is 0.250. The predicted octanol–water partition coefficient (Wildman–Crippen LogP) is 1.75. The smallest absolute Gasteiger partial charge is 0.226 e. The first kappa shape index (κ1) is 16.1. The van der Waals surface area contributed by atoms with E-state index in [0.29, 0.717) is 18.0 Å². The summed E-state index contributed by atoms with van der Waals surface area (Å²) in [6.45, 7) is 0.498. The molecule has 5 nitrogen and oxygen atoms in total. The first-order valence-corrected chi connectivity index (χ1v) is 6.91. The van der Waals surface area contributed by atoms with Gasteiger partial charge in [0.2, 0.25) is 5.91 Å². The Kier molecular flexibility index (Phi) is 5.22. The van der Waals surface area contributed by atoms with Crippen LogP contribution in [0.4, 0.5) is 5.69 Å². The Bertz CT molecular complexity index is 646. The molecule has 0 radical (unpaired) electrons. The topological polar surface area (TPSA) is 77.2 Å². The molecule has 2 aromatic rings. The number of rotatable bonds is 3. The number of aromatic nitrogens is 1. The van der Waals surface area contributed by atoms with Gasteiger partial charge in [-0.1, -0.05) is 18.2 Å². The van der Waals surface area contributed by atoms with Crippen LogP contribution in [0, 0.1) is 0 Å². The van der Waals surface area contributed by atoms with E-state index >= 15 is 0 Å². The van der Waals surface area contributed by atoms with E-state index in [4.69, 9.17) is 10.5 Å². The minimum Gasteiger partial charge on any atom is -0.491 e. The molecular formula is C16H18ClN3O2. The predicted molar refractivity (Wildman–Crippen MR) is 87.2 cm³/mol. The lowest BCUT2D eigenvalue weighted by Gasteiger charge is -2.26. The quantitative estimate of drug-likeness (QED) is 0.903. The van der Waals surface area contributed by atoms with E-state index in [1.807, 2.05) is 24.3 Å². The van der Waals surface area contributed by atoms with Gasteiger partial charge in [0.1, 0.15) is 12.4 Å². The van der Waals surface area contributed by atoms with Crippen LogP contribution in [-0.4, -0.2) is 23.5 Å². The molecule has 1 unspecified atom stereocenters. The van der Waals surface area contributed by atoms with Crippen LogP contribution in [0.3, 0.4) is 0 Å². The van der Waals surface area contributed by atoms with Gasteiger partial charge in [0, 0.05) is 5.69 Å². The fourth-order valence-corrected chi connectivity index (χ4v) is 2.40. The summed E-state index contributed by atoms with van der Waals surface area (Å²) in [4.78, 5) is 16.2. The number of nitrogens with two attached hydrogens (primary N) is 1. The number of pyridine rings is 1. The molecule has 1 aromatic heterocycles. The third-order valence-electron chi connectivity index (χ3n) is 3.43. The minimum absolute atomic E-state index is 0. The Morgan fingerprint density at radius 2 is 2.14 bits per heavy atom. The number of ether oxygens (including phenoxy) is 1. The normalized spacial score (nSPS) is 15.9. The Balaban J connectivity index is 0.00000176. The van der Waals surface area contributed by atoms with Crippen LogP contribution in [-0.2, 0) is 17.6 Å². The average molecular weight is 320 g/mol. The number of halogens is 1. The van der Waals surface area contributed by atoms with E-state index in [2.05, 4.69) is 10.3 Å². The van der Waals surface area contributed by atoms with Crippen LogP contribution in [0.25, 0.3) is 0 Å². The molecule has 1 aliphatic heterocycles. The van der Waals surface area contributed by atoms with Gasteiger partial charge in [0.25, 0.3) is 0 Å². The number of carbonyl (C=O) groups is 1. The monoisotopic (exact) mass is 319 g/mol. The highest BCUT2D eigenvalue weighted by molar-refractivity contribution is 5.85. The Morgan fingerprint density at radius 1 is 1.32 bits per heavy atom. The molecule has 3 rings (SSSR count). The van der Waals surface area contributed by atoms with Crippen LogP contribution in [0.2, 0.25) is 0 Å². The Hall–Kier alpha value is -2.27. The number of anilines is 1. The van der Waals surface area contributed by atoms with Crippen molar-refractivity contribution in [2.24, 2.45) is 0 Å². The van der Waals surface area contributed by atoms with Crippen molar-refractivity contribution in [3.05, 3.63) is 53.9 Å². The second kappa shape index (κ2) is 7.13. The number of hydrogen-bond acceptors (Lipinski definition) is 4. The van der Waals surface area contributed by atoms with E-state index in [1.165, 1.54) is 0 Å². The maximum atomic E-state index is 12.0. The molecule has 0 spiro atoms. The van der Waals surface area contributed by atoms with Gasteiger partial charge >= 0.3 is 0 Å². The molecule has 116 valence electrons. The fourth-order valence-electron chi connectivity index (χ4n) is 2.40. The second-order valence-electron chi connectivity index (χ2n) is 5.15. The standard InChI is InChI=1S/C16H17N3O2.ClH/c17-12-5-6-13(18-9-12)8-16(20)19-14-7-11-3-1-2-4-15(11)21-10-14;/h1-6,9,14H,7-8,10,17H2,(H,19,20);1H. The molecule has 1 amide bonds. The molecule has 0 bridgehead atoms. The third-order valence-corrected chi connectivity index (χ3v) is 3.43. The number of nitrogen functional groups attached to an aromatic ring is 1. The van der Waals surface area contributed by atoms with E-state index < -0.39 is 0 Å². The van der Waals surface area contributed by atoms with Gasteiger partial charge in [-0.05, 0) is 30.2 Å². The number of para-hydroxylation sites is 1. The SMILES string of the molecule is Cl.Nc1ccc(CC(=O)NC2COc3ccccc3C2)nc1. The van der Waals surface area contributed by atoms with Gasteiger partial charge in [-0.2, -0.15) is 0 Å². The van der Waals surface area contributed by atoms with Crippen molar-refractivity contribution in [2.45, 2.75) is 18.9 Å². The van der Waals surface area contributed by atoms with Crippen LogP contribution in [0.15, 0.2) is 42.6 Å². The zero-order chi connectivity index (χ0) is 14.7. The molecule has 3 N–H and O–H groups in total. The zero-order valence-electron chi connectivity index (χ0n) is 12.0. The summed E-state index contributed by atoms with van der Waals surface area (Å²) < 4.78 is 5.66. The lowest BCUT2D eigenvalue weighted by Crippen LogP contribution is -2.43. The Morgan fingerprint density at radius 3 is 2.91 bits per heavy atom. The van der Waals surface area contributed by atoms with Crippen molar-refractivity contribution < 1.29 is 9.53 Å². The number of nitrogens with one attached hydrogen (secondary N) is 1. The molecule has 0 saturated heterocycles. The van der Waals surface area contributed by atoms with Crippen molar-refractivity contribution in [1.29, 1.82) is 0 Å². The molecule has 0 aliphatic carbocycles. The number of hydrogen-bond donors (Lipinski definition) is 2. The summed E-state index contributed by atoms with van der Waals surface area (Å²) >= 11 is 0. The molecule has 6 heteroatoms. The lowest BCUT2D eigenvalue weighted by molar-refractivity contribution is -0.121. The Labute approximate surface area is 135 Å². The summed E-state index contributed by atoms with van der Waals surface area (Å²) in [5.74, 6) is 0.850. The molecule has 2 heterocycles. The van der Waals surface area contributed by atoms with Gasteiger partial charge in [0.05, 0.1) is 24.3 Å². The van der Waals surface area contributed by atoms with Crippen molar-refractivity contribution in [3.8, 4) is 5.75 Å². The lowest BCUT2D eigenvalue weighted by atomic mass is 10.0. The third kappa shape index (κ3) is 3.89. The number of nitrogens with zero attached hydrogens (tertiary/aromatic N) is 1. The minimum atomic E-state index is -0.0553. The van der Waals surface area contributed by atoms with Crippen LogP contribution in [0.5, 0.6) is 5.75 Å². The maximum Gasteiger partial charge on any atom is 0.226 e. The molecule has 0 fully saturated rings. The molecule has 1 aromatic carbocycles. The van der Waals surface area contributed by atoms with Crippen LogP contribution in [0.1, 0.15) is 11.3 Å². The number of amides is 1. The summed E-state index contributed by atoms with van der Waals surface area (Å²) in [7, 11) is 0. The van der Waals surface area contributed by atoms with E-state index in [0.717, 1.165) is 17.7 Å². The molecule has 1 atom stereocenters. The van der Waals surface area contributed by atoms with Gasteiger partial charge in [0.15, 0.2) is 0 Å². The zero-order valence-corrected chi connectivity index (χ0v) is 12.8. The average Bonchev–Trinajstić information content (AvgIpc) is 2.49. The highest BCUT2D eigenvalue weighted by atomic mass is 35.5. The van der Waals surface area contributed by atoms with Crippen molar-refractivity contribution >= 4 is 24.0 Å². The molecular weight excluding hydrogens is 302 g/mol. The summed E-state index contributed by atoms with van der Waals surface area (Å²) in [6.07, 6.45) is 2.60. The number of carbonyl (C=O) groups excluding carboxylic acids is 1. The van der Waals surface area contributed by atoms with E-state index in [9.17, 15) is 4.79 Å². The van der Waals surface area contributed by atoms with Crippen molar-refractivity contribution in [2.75, 3.05) is 12.3 Å². The molecule has 0 saturated carbocycles. The first-order valence-electron chi connectivity index (χ1n) is 6.91. The summed E-state index contributed by atoms with van der Waals surface area (Å²) in [5.41, 5.74) is 8.00. The highest BCUT2D eigenvalue weighted by Gasteiger charge is 2.21. The van der Waals surface area contributed by atoms with Gasteiger partial charge in [-0.25, -0.2) is 0 Å². The summed E-state index contributed by atoms with van der Waals surface area (Å²) in [6, 6.07) is 11.4. The van der Waals surface area contributed by atoms with E-state index in [-0.39, 0.29) is 30.8 Å². The van der Waals surface area contributed by atoms with Gasteiger partial charge in [-0.3, -0.25) is 9.78 Å². The largest absolute Gasteiger partial charge is 0.491 e. The molecule has 22 heavy (non-hydrogen) atoms. The van der Waals surface area contributed by atoms with Crippen LogP contribution >= 0.6 is 12.4 Å². The van der Waals surface area contributed by atoms with Crippen LogP contribution < -0.4 is 15.8 Å². The van der Waals surface area contributed by atoms with E-state index in [1.54, 1.807) is 18.3 Å². The maximum absolute atomic E-state index is 12.0. The van der Waals surface area contributed by atoms with Crippen molar-refractivity contribution in [3.63, 3.8) is 0 Å².